The maximum atomic E-state index is 11.2. The summed E-state index contributed by atoms with van der Waals surface area (Å²) < 4.78 is 0. The molecule has 1 saturated carbocycles. The highest BCUT2D eigenvalue weighted by Gasteiger charge is 2.27. The van der Waals surface area contributed by atoms with Gasteiger partial charge in [0, 0.05) is 13.1 Å². The summed E-state index contributed by atoms with van der Waals surface area (Å²) in [5.41, 5.74) is -0.0808. The molecule has 1 aliphatic rings. The maximum absolute atomic E-state index is 11.2. The Balaban J connectivity index is 2.26. The van der Waals surface area contributed by atoms with E-state index >= 15 is 0 Å². The van der Waals surface area contributed by atoms with Gasteiger partial charge in [-0.15, -0.1) is 0 Å². The molecule has 0 aliphatic heterocycles. The summed E-state index contributed by atoms with van der Waals surface area (Å²) in [6.45, 7) is 2.17. The second-order valence-corrected chi connectivity index (χ2v) is 4.94. The second-order valence-electron chi connectivity index (χ2n) is 4.94. The number of nitro groups is 1. The van der Waals surface area contributed by atoms with Crippen molar-refractivity contribution in [2.24, 2.45) is 5.92 Å². The number of nitrogens with one attached hydrogen (secondary N) is 2. The Morgan fingerprint density at radius 2 is 2.00 bits per heavy atom. The van der Waals surface area contributed by atoms with Crippen LogP contribution in [0.2, 0.25) is 0 Å². The van der Waals surface area contributed by atoms with Crippen LogP contribution in [0, 0.1) is 16.0 Å². The van der Waals surface area contributed by atoms with Gasteiger partial charge in [-0.1, -0.05) is 19.8 Å². The van der Waals surface area contributed by atoms with Crippen LogP contribution in [0.5, 0.6) is 0 Å². The molecular formula is C12H19N5O2. The first kappa shape index (κ1) is 13.5. The van der Waals surface area contributed by atoms with Gasteiger partial charge in [-0.2, -0.15) is 0 Å². The quantitative estimate of drug-likeness (QED) is 0.641. The lowest BCUT2D eigenvalue weighted by Crippen LogP contribution is -2.31. The molecule has 19 heavy (non-hydrogen) atoms. The van der Waals surface area contributed by atoms with Crippen molar-refractivity contribution in [3.8, 4) is 0 Å². The van der Waals surface area contributed by atoms with Gasteiger partial charge in [0.15, 0.2) is 0 Å². The van der Waals surface area contributed by atoms with Crippen LogP contribution in [0.1, 0.15) is 32.6 Å². The van der Waals surface area contributed by atoms with Crippen LogP contribution < -0.4 is 10.6 Å². The van der Waals surface area contributed by atoms with Crippen LogP contribution in [0.3, 0.4) is 0 Å². The van der Waals surface area contributed by atoms with Crippen LogP contribution in [0.15, 0.2) is 6.33 Å². The van der Waals surface area contributed by atoms with E-state index in [4.69, 9.17) is 0 Å². The van der Waals surface area contributed by atoms with Crippen molar-refractivity contribution in [3.05, 3.63) is 16.4 Å². The Labute approximate surface area is 112 Å². The summed E-state index contributed by atoms with van der Waals surface area (Å²) in [4.78, 5) is 18.6. The van der Waals surface area contributed by atoms with E-state index in [1.807, 2.05) is 0 Å². The summed E-state index contributed by atoms with van der Waals surface area (Å²) >= 11 is 0. The number of nitrogens with zero attached hydrogens (tertiary/aromatic N) is 3. The summed E-state index contributed by atoms with van der Waals surface area (Å²) in [5.74, 6) is 1.05. The zero-order valence-corrected chi connectivity index (χ0v) is 11.2. The van der Waals surface area contributed by atoms with E-state index in [9.17, 15) is 10.1 Å². The van der Waals surface area contributed by atoms with E-state index in [0.29, 0.717) is 11.7 Å². The van der Waals surface area contributed by atoms with Crippen LogP contribution in [0.4, 0.5) is 17.3 Å². The number of rotatable bonds is 4. The second kappa shape index (κ2) is 5.81. The lowest BCUT2D eigenvalue weighted by molar-refractivity contribution is -0.383. The molecule has 0 amide bonds. The zero-order chi connectivity index (χ0) is 13.8. The molecule has 7 heteroatoms. The highest BCUT2D eigenvalue weighted by Crippen LogP contribution is 2.32. The first-order valence-electron chi connectivity index (χ1n) is 6.57. The third kappa shape index (κ3) is 2.91. The molecule has 2 atom stereocenters. The standard InChI is InChI=1S/C12H19N5O2/c1-8-5-3-4-6-9(8)16-12-10(17(18)19)11(13-2)14-7-15-12/h7-9H,3-6H2,1-2H3,(H2,13,14,15,16). The van der Waals surface area contributed by atoms with Gasteiger partial charge in [-0.25, -0.2) is 9.97 Å². The fraction of sp³-hybridized carbons (Fsp3) is 0.667. The molecule has 1 aromatic rings. The first-order valence-corrected chi connectivity index (χ1v) is 6.57. The molecule has 0 saturated heterocycles. The summed E-state index contributed by atoms with van der Waals surface area (Å²) in [5, 5.41) is 17.1. The average Bonchev–Trinajstić information content (AvgIpc) is 2.40. The summed E-state index contributed by atoms with van der Waals surface area (Å²) in [7, 11) is 1.61. The van der Waals surface area contributed by atoms with Crippen LogP contribution in [-0.2, 0) is 0 Å². The Morgan fingerprint density at radius 1 is 1.32 bits per heavy atom. The Hall–Kier alpha value is -1.92. The Bertz CT molecular complexity index is 465. The SMILES string of the molecule is CNc1ncnc(NC2CCCCC2C)c1[N+](=O)[O-]. The lowest BCUT2D eigenvalue weighted by atomic mass is 9.86. The van der Waals surface area contributed by atoms with Gasteiger partial charge in [-0.05, 0) is 18.8 Å². The molecule has 0 aromatic carbocycles. The van der Waals surface area contributed by atoms with E-state index in [1.54, 1.807) is 7.05 Å². The molecule has 7 nitrogen and oxygen atoms in total. The minimum absolute atomic E-state index is 0.0808. The predicted octanol–water partition coefficient (Wildman–Crippen LogP) is 2.42. The van der Waals surface area contributed by atoms with Gasteiger partial charge >= 0.3 is 5.69 Å². The molecular weight excluding hydrogens is 246 g/mol. The van der Waals surface area contributed by atoms with E-state index in [-0.39, 0.29) is 17.5 Å². The molecule has 1 aliphatic carbocycles. The maximum Gasteiger partial charge on any atom is 0.353 e. The van der Waals surface area contributed by atoms with Crippen molar-refractivity contribution in [1.29, 1.82) is 0 Å². The number of anilines is 2. The van der Waals surface area contributed by atoms with Crippen LogP contribution in [0.25, 0.3) is 0 Å². The third-order valence-electron chi connectivity index (χ3n) is 3.68. The topological polar surface area (TPSA) is 93.0 Å². The molecule has 104 valence electrons. The fourth-order valence-corrected chi connectivity index (χ4v) is 2.55. The first-order chi connectivity index (χ1) is 9.13. The lowest BCUT2D eigenvalue weighted by Gasteiger charge is -2.29. The van der Waals surface area contributed by atoms with E-state index in [2.05, 4.69) is 27.5 Å². The monoisotopic (exact) mass is 265 g/mol. The highest BCUT2D eigenvalue weighted by atomic mass is 16.6. The molecule has 1 fully saturated rings. The van der Waals surface area contributed by atoms with Gasteiger partial charge in [-0.3, -0.25) is 10.1 Å². The fourth-order valence-electron chi connectivity index (χ4n) is 2.55. The molecule has 2 unspecified atom stereocenters. The van der Waals surface area contributed by atoms with Crippen molar-refractivity contribution in [2.45, 2.75) is 38.6 Å². The molecule has 0 spiro atoms. The largest absolute Gasteiger partial charge is 0.367 e. The van der Waals surface area contributed by atoms with Gasteiger partial charge in [0.2, 0.25) is 11.6 Å². The minimum Gasteiger partial charge on any atom is -0.367 e. The molecule has 1 aromatic heterocycles. The summed E-state index contributed by atoms with van der Waals surface area (Å²) in [6.07, 6.45) is 5.90. The van der Waals surface area contributed by atoms with Crippen LogP contribution in [-0.4, -0.2) is 28.0 Å². The van der Waals surface area contributed by atoms with Crippen molar-refractivity contribution < 1.29 is 4.92 Å². The molecule has 1 heterocycles. The minimum atomic E-state index is -0.443. The zero-order valence-electron chi connectivity index (χ0n) is 11.2. The van der Waals surface area contributed by atoms with Crippen molar-refractivity contribution >= 4 is 17.3 Å². The number of aromatic nitrogens is 2. The number of hydrogen-bond acceptors (Lipinski definition) is 6. The predicted molar refractivity (Wildman–Crippen MR) is 73.3 cm³/mol. The van der Waals surface area contributed by atoms with Crippen molar-refractivity contribution in [3.63, 3.8) is 0 Å². The van der Waals surface area contributed by atoms with Crippen molar-refractivity contribution in [2.75, 3.05) is 17.7 Å². The molecule has 2 N–H and O–H groups in total. The van der Waals surface area contributed by atoms with Gasteiger partial charge in [0.1, 0.15) is 6.33 Å². The van der Waals surface area contributed by atoms with E-state index in [0.717, 1.165) is 19.3 Å². The van der Waals surface area contributed by atoms with E-state index < -0.39 is 4.92 Å². The Morgan fingerprint density at radius 3 is 2.63 bits per heavy atom. The molecule has 0 bridgehead atoms. The van der Waals surface area contributed by atoms with Crippen LogP contribution >= 0.6 is 0 Å². The van der Waals surface area contributed by atoms with Gasteiger partial charge in [0.05, 0.1) is 4.92 Å². The smallest absolute Gasteiger partial charge is 0.353 e. The average molecular weight is 265 g/mol. The number of hydrogen-bond donors (Lipinski definition) is 2. The Kier molecular flexibility index (Phi) is 4.13. The summed E-state index contributed by atoms with van der Waals surface area (Å²) in [6, 6.07) is 0.243. The highest BCUT2D eigenvalue weighted by molar-refractivity contribution is 5.69. The van der Waals surface area contributed by atoms with Crippen molar-refractivity contribution in [1.82, 2.24) is 9.97 Å². The molecule has 2 rings (SSSR count). The normalized spacial score (nSPS) is 22.8. The van der Waals surface area contributed by atoms with E-state index in [1.165, 1.54) is 12.7 Å². The third-order valence-corrected chi connectivity index (χ3v) is 3.68. The van der Waals surface area contributed by atoms with Gasteiger partial charge < -0.3 is 10.6 Å². The van der Waals surface area contributed by atoms with Gasteiger partial charge in [0.25, 0.3) is 0 Å². The molecule has 0 radical (unpaired) electrons.